The maximum atomic E-state index is 12.8. The molecule has 7 nitrogen and oxygen atoms in total. The third-order valence-electron chi connectivity index (χ3n) is 3.06. The van der Waals surface area contributed by atoms with Gasteiger partial charge < -0.3 is 10.5 Å². The van der Waals surface area contributed by atoms with E-state index in [0.717, 1.165) is 14.7 Å². The molecular weight excluding hydrogens is 371 g/mol. The second kappa shape index (κ2) is 7.23. The fourth-order valence-corrected chi connectivity index (χ4v) is 2.12. The number of hydrogen-bond donors (Lipinski definition) is 1. The minimum Gasteiger partial charge on any atom is -0.445 e. The summed E-state index contributed by atoms with van der Waals surface area (Å²) in [5.74, 6) is 0. The van der Waals surface area contributed by atoms with Crippen molar-refractivity contribution in [2.75, 3.05) is 6.61 Å². The Morgan fingerprint density at radius 3 is 2.87 bits per heavy atom. The fourth-order valence-electron chi connectivity index (χ4n) is 1.87. The van der Waals surface area contributed by atoms with E-state index in [9.17, 15) is 14.0 Å². The van der Waals surface area contributed by atoms with Crippen LogP contribution in [0.15, 0.2) is 45.7 Å². The molecule has 0 aliphatic rings. The third kappa shape index (κ3) is 4.07. The van der Waals surface area contributed by atoms with Gasteiger partial charge in [0.2, 0.25) is 0 Å². The van der Waals surface area contributed by atoms with Crippen molar-refractivity contribution in [2.24, 2.45) is 5.73 Å². The number of aromatic nitrogens is 3. The highest BCUT2D eigenvalue weighted by atomic mass is 79.9. The predicted molar refractivity (Wildman–Crippen MR) is 85.0 cm³/mol. The first-order chi connectivity index (χ1) is 10.9. The fraction of sp³-hybridized carbons (Fsp3) is 0.214. The summed E-state index contributed by atoms with van der Waals surface area (Å²) in [6, 6.07) is 5.40. The number of halogens is 2. The van der Waals surface area contributed by atoms with Crippen LogP contribution in [-0.4, -0.2) is 27.0 Å². The van der Waals surface area contributed by atoms with E-state index in [-0.39, 0.29) is 25.1 Å². The highest BCUT2D eigenvalue weighted by Gasteiger charge is 2.11. The number of carbonyl (C=O) groups is 1. The Kier molecular flexibility index (Phi) is 5.32. The maximum absolute atomic E-state index is 12.8. The van der Waals surface area contributed by atoms with Gasteiger partial charge in [0.25, 0.3) is 0 Å². The molecule has 0 atom stereocenters. The van der Waals surface area contributed by atoms with Gasteiger partial charge in [0.1, 0.15) is 12.9 Å². The zero-order chi connectivity index (χ0) is 17.0. The Bertz CT molecular complexity index is 813. The number of aryl methyl sites for hydroxylation is 1. The Labute approximate surface area is 139 Å². The Morgan fingerprint density at radius 1 is 1.52 bits per heavy atom. The third-order valence-corrected chi connectivity index (χ3v) is 3.95. The van der Waals surface area contributed by atoms with E-state index >= 15 is 0 Å². The van der Waals surface area contributed by atoms with E-state index in [1.807, 2.05) is 19.1 Å². The molecule has 1 aromatic carbocycles. The minimum atomic E-state index is -1.02. The van der Waals surface area contributed by atoms with Crippen molar-refractivity contribution in [1.29, 1.82) is 0 Å². The number of amides is 1. The van der Waals surface area contributed by atoms with Gasteiger partial charge in [0.05, 0.1) is 18.6 Å². The molecule has 0 bridgehead atoms. The van der Waals surface area contributed by atoms with Crippen LogP contribution >= 0.6 is 15.9 Å². The summed E-state index contributed by atoms with van der Waals surface area (Å²) in [5, 5.41) is 3.94. The molecular formula is C14H14BrFN4O3. The molecule has 23 heavy (non-hydrogen) atoms. The lowest BCUT2D eigenvalue weighted by Crippen LogP contribution is -2.26. The van der Waals surface area contributed by atoms with Crippen LogP contribution in [0.4, 0.5) is 9.18 Å². The van der Waals surface area contributed by atoms with Crippen LogP contribution in [0.2, 0.25) is 0 Å². The summed E-state index contributed by atoms with van der Waals surface area (Å²) in [6.45, 7) is 1.40. The van der Waals surface area contributed by atoms with Crippen molar-refractivity contribution in [3.05, 3.63) is 56.9 Å². The zero-order valence-corrected chi connectivity index (χ0v) is 13.8. The number of primary amides is 1. The molecule has 0 saturated heterocycles. The maximum Gasteiger partial charge on any atom is 0.404 e. The first kappa shape index (κ1) is 16.9. The monoisotopic (exact) mass is 384 g/mol. The number of ether oxygens (including phenoxy) is 1. The van der Waals surface area contributed by atoms with Gasteiger partial charge in [-0.15, -0.1) is 0 Å². The van der Waals surface area contributed by atoms with Crippen LogP contribution in [0.25, 0.3) is 5.69 Å². The van der Waals surface area contributed by atoms with E-state index in [1.165, 1.54) is 10.9 Å². The summed E-state index contributed by atoms with van der Waals surface area (Å²) >= 11 is 3.39. The number of benzene rings is 1. The van der Waals surface area contributed by atoms with Crippen LogP contribution in [0.3, 0.4) is 0 Å². The molecule has 2 aromatic rings. The smallest absolute Gasteiger partial charge is 0.404 e. The van der Waals surface area contributed by atoms with Gasteiger partial charge in [-0.25, -0.2) is 23.2 Å². The van der Waals surface area contributed by atoms with E-state index in [4.69, 9.17) is 5.73 Å². The highest BCUT2D eigenvalue weighted by molar-refractivity contribution is 9.10. The average Bonchev–Trinajstić information content (AvgIpc) is 2.87. The number of hydrogen-bond acceptors (Lipinski definition) is 4. The molecule has 122 valence electrons. The molecule has 1 aromatic heterocycles. The van der Waals surface area contributed by atoms with Crippen LogP contribution in [0.5, 0.6) is 0 Å². The normalized spacial score (nSPS) is 11.5. The largest absolute Gasteiger partial charge is 0.445 e. The topological polar surface area (TPSA) is 92.1 Å². The predicted octanol–water partition coefficient (Wildman–Crippen LogP) is 2.05. The van der Waals surface area contributed by atoms with Crippen LogP contribution in [0.1, 0.15) is 5.56 Å². The molecule has 0 unspecified atom stereocenters. The van der Waals surface area contributed by atoms with Gasteiger partial charge >= 0.3 is 11.8 Å². The molecule has 0 spiro atoms. The van der Waals surface area contributed by atoms with Crippen molar-refractivity contribution >= 4 is 22.0 Å². The lowest BCUT2D eigenvalue weighted by Gasteiger charge is -2.05. The number of nitrogens with two attached hydrogens (primary N) is 1. The first-order valence-corrected chi connectivity index (χ1v) is 7.33. The Hall–Kier alpha value is -2.42. The second-order valence-corrected chi connectivity index (χ2v) is 5.60. The van der Waals surface area contributed by atoms with Gasteiger partial charge in [0.15, 0.2) is 0 Å². The molecule has 9 heteroatoms. The van der Waals surface area contributed by atoms with E-state index < -0.39 is 11.8 Å². The Morgan fingerprint density at radius 2 is 2.26 bits per heavy atom. The summed E-state index contributed by atoms with van der Waals surface area (Å²) in [7, 11) is 0. The average molecular weight is 385 g/mol. The van der Waals surface area contributed by atoms with Gasteiger partial charge in [-0.05, 0) is 30.7 Å². The van der Waals surface area contributed by atoms with E-state index in [1.54, 1.807) is 6.07 Å². The molecule has 0 aliphatic carbocycles. The summed E-state index contributed by atoms with van der Waals surface area (Å²) < 4.78 is 20.6. The van der Waals surface area contributed by atoms with E-state index in [0.29, 0.717) is 5.69 Å². The molecule has 2 N–H and O–H groups in total. The highest BCUT2D eigenvalue weighted by Crippen LogP contribution is 2.18. The number of nitrogens with zero attached hydrogens (tertiary/aromatic N) is 3. The van der Waals surface area contributed by atoms with Gasteiger partial charge in [-0.3, -0.25) is 0 Å². The Balaban J connectivity index is 2.23. The zero-order valence-electron chi connectivity index (χ0n) is 12.2. The second-order valence-electron chi connectivity index (χ2n) is 4.75. The van der Waals surface area contributed by atoms with Crippen LogP contribution in [0, 0.1) is 6.92 Å². The lowest BCUT2D eigenvalue weighted by atomic mass is 10.2. The van der Waals surface area contributed by atoms with Crippen LogP contribution in [-0.2, 0) is 11.3 Å². The quantitative estimate of drug-likeness (QED) is 0.853. The first-order valence-electron chi connectivity index (χ1n) is 6.53. The number of rotatable bonds is 5. The molecule has 1 heterocycles. The SMILES string of the molecule is Cc1cc(-n2cnn(C/C(=C/F)COC(N)=O)c2=O)ccc1Br. The molecule has 2 rings (SSSR count). The summed E-state index contributed by atoms with van der Waals surface area (Å²) in [6.07, 6.45) is 0.584. The molecule has 0 saturated carbocycles. The van der Waals surface area contributed by atoms with Crippen molar-refractivity contribution in [2.45, 2.75) is 13.5 Å². The van der Waals surface area contributed by atoms with Gasteiger partial charge in [-0.2, -0.15) is 5.10 Å². The van der Waals surface area contributed by atoms with Gasteiger partial charge in [0, 0.05) is 10.0 Å². The number of carbonyl (C=O) groups excluding carboxylic acids is 1. The van der Waals surface area contributed by atoms with Crippen molar-refractivity contribution in [3.8, 4) is 5.69 Å². The molecule has 1 amide bonds. The molecule has 0 radical (unpaired) electrons. The van der Waals surface area contributed by atoms with Crippen molar-refractivity contribution in [1.82, 2.24) is 14.3 Å². The standard InChI is InChI=1S/C14H14BrFN4O3/c1-9-4-11(2-3-12(9)15)19-8-18-20(14(19)22)6-10(5-16)7-23-13(17)21/h2-5,8H,6-7H2,1H3,(H2,17,21)/b10-5-. The molecule has 0 fully saturated rings. The molecule has 0 aliphatic heterocycles. The van der Waals surface area contributed by atoms with E-state index in [2.05, 4.69) is 25.8 Å². The summed E-state index contributed by atoms with van der Waals surface area (Å²) in [5.41, 5.74) is 6.04. The van der Waals surface area contributed by atoms with Crippen molar-refractivity contribution in [3.63, 3.8) is 0 Å². The minimum absolute atomic E-state index is 0.0585. The summed E-state index contributed by atoms with van der Waals surface area (Å²) in [4.78, 5) is 22.9. The lowest BCUT2D eigenvalue weighted by molar-refractivity contribution is 0.164. The van der Waals surface area contributed by atoms with Gasteiger partial charge in [-0.1, -0.05) is 15.9 Å². The van der Waals surface area contributed by atoms with Crippen LogP contribution < -0.4 is 11.4 Å². The van der Waals surface area contributed by atoms with Crippen molar-refractivity contribution < 1.29 is 13.9 Å².